The fourth-order valence-electron chi connectivity index (χ4n) is 1.12. The molecule has 1 aromatic heterocycles. The third-order valence-corrected chi connectivity index (χ3v) is 2.12. The summed E-state index contributed by atoms with van der Waals surface area (Å²) in [5, 5.41) is 16.8. The van der Waals surface area contributed by atoms with Crippen LogP contribution >= 0.6 is 0 Å². The van der Waals surface area contributed by atoms with Crippen LogP contribution in [0.25, 0.3) is 0 Å². The van der Waals surface area contributed by atoms with Crippen molar-refractivity contribution in [2.45, 2.75) is 26.2 Å². The quantitative estimate of drug-likeness (QED) is 0.688. The fraction of sp³-hybridized carbons (Fsp3) is 0.545. The van der Waals surface area contributed by atoms with Crippen molar-refractivity contribution >= 4 is 5.82 Å². The normalized spacial score (nSPS) is 10.9. The van der Waals surface area contributed by atoms with Crippen LogP contribution < -0.4 is 4.90 Å². The summed E-state index contributed by atoms with van der Waals surface area (Å²) < 4.78 is 0. The number of rotatable bonds is 2. The van der Waals surface area contributed by atoms with Crippen LogP contribution in [0.15, 0.2) is 12.1 Å². The van der Waals surface area contributed by atoms with Gasteiger partial charge in [-0.15, -0.1) is 5.10 Å². The van der Waals surface area contributed by atoms with E-state index in [-0.39, 0.29) is 5.41 Å². The molecule has 0 atom stereocenters. The smallest absolute Gasteiger partial charge is 0.151 e. The minimum Gasteiger partial charge on any atom is -0.345 e. The van der Waals surface area contributed by atoms with Gasteiger partial charge in [0, 0.05) is 12.5 Å². The van der Waals surface area contributed by atoms with Gasteiger partial charge in [0.2, 0.25) is 0 Å². The second-order valence-corrected chi connectivity index (χ2v) is 4.54. The zero-order valence-corrected chi connectivity index (χ0v) is 9.65. The molecule has 0 aliphatic heterocycles. The molecule has 0 saturated heterocycles. The maximum atomic E-state index is 8.54. The predicted molar refractivity (Wildman–Crippen MR) is 59.6 cm³/mol. The first-order valence-electron chi connectivity index (χ1n) is 4.87. The monoisotopic (exact) mass is 204 g/mol. The lowest BCUT2D eigenvalue weighted by Gasteiger charge is -2.18. The molecule has 0 amide bonds. The van der Waals surface area contributed by atoms with E-state index in [9.17, 15) is 0 Å². The predicted octanol–water partition coefficient (Wildman–Crippen LogP) is 1.73. The number of hydrogen-bond donors (Lipinski definition) is 0. The molecule has 0 N–H and O–H groups in total. The molecule has 1 heterocycles. The van der Waals surface area contributed by atoms with Crippen molar-refractivity contribution in [3.05, 3.63) is 17.8 Å². The SMILES string of the molecule is CN(CC#N)c1ccc(C(C)(C)C)nn1. The van der Waals surface area contributed by atoms with Crippen molar-refractivity contribution in [3.63, 3.8) is 0 Å². The molecule has 4 nitrogen and oxygen atoms in total. The van der Waals surface area contributed by atoms with E-state index in [1.54, 1.807) is 4.90 Å². The van der Waals surface area contributed by atoms with Crippen molar-refractivity contribution in [1.82, 2.24) is 10.2 Å². The lowest BCUT2D eigenvalue weighted by atomic mass is 9.92. The van der Waals surface area contributed by atoms with Crippen LogP contribution in [0.2, 0.25) is 0 Å². The van der Waals surface area contributed by atoms with E-state index >= 15 is 0 Å². The van der Waals surface area contributed by atoms with Gasteiger partial charge in [0.25, 0.3) is 0 Å². The average molecular weight is 204 g/mol. The second-order valence-electron chi connectivity index (χ2n) is 4.54. The Bertz CT molecular complexity index is 356. The molecule has 0 aliphatic rings. The molecular formula is C11H16N4. The van der Waals surface area contributed by atoms with Crippen molar-refractivity contribution in [2.75, 3.05) is 18.5 Å². The fourth-order valence-corrected chi connectivity index (χ4v) is 1.12. The number of nitrogens with zero attached hydrogens (tertiary/aromatic N) is 4. The molecule has 1 aromatic rings. The Balaban J connectivity index is 2.87. The average Bonchev–Trinajstić information content (AvgIpc) is 2.17. The van der Waals surface area contributed by atoms with Crippen LogP contribution in [-0.4, -0.2) is 23.8 Å². The molecule has 0 bridgehead atoms. The molecule has 1 rings (SSSR count). The molecule has 0 saturated carbocycles. The molecule has 0 radical (unpaired) electrons. The summed E-state index contributed by atoms with van der Waals surface area (Å²) in [5.74, 6) is 0.726. The van der Waals surface area contributed by atoms with Gasteiger partial charge in [0.15, 0.2) is 5.82 Å². The number of anilines is 1. The van der Waals surface area contributed by atoms with E-state index in [0.29, 0.717) is 6.54 Å². The van der Waals surface area contributed by atoms with Crippen LogP contribution in [0.4, 0.5) is 5.82 Å². The molecule has 0 fully saturated rings. The Labute approximate surface area is 90.5 Å². The number of aromatic nitrogens is 2. The first kappa shape index (κ1) is 11.4. The summed E-state index contributed by atoms with van der Waals surface area (Å²) in [6.45, 7) is 6.60. The summed E-state index contributed by atoms with van der Waals surface area (Å²) in [6.07, 6.45) is 0. The third kappa shape index (κ3) is 2.91. The molecule has 80 valence electrons. The zero-order valence-electron chi connectivity index (χ0n) is 9.65. The summed E-state index contributed by atoms with van der Waals surface area (Å²) in [7, 11) is 1.82. The van der Waals surface area contributed by atoms with Gasteiger partial charge >= 0.3 is 0 Å². The van der Waals surface area contributed by atoms with Crippen molar-refractivity contribution in [2.24, 2.45) is 0 Å². The molecule has 0 aliphatic carbocycles. The maximum absolute atomic E-state index is 8.54. The van der Waals surface area contributed by atoms with Crippen LogP contribution in [-0.2, 0) is 5.41 Å². The molecule has 15 heavy (non-hydrogen) atoms. The standard InChI is InChI=1S/C11H16N4/c1-11(2,3)9-5-6-10(14-13-9)15(4)8-7-12/h5-6H,8H2,1-4H3. The number of hydrogen-bond acceptors (Lipinski definition) is 4. The van der Waals surface area contributed by atoms with Crippen LogP contribution in [0, 0.1) is 11.3 Å². The summed E-state index contributed by atoms with van der Waals surface area (Å²) in [5.41, 5.74) is 0.968. The summed E-state index contributed by atoms with van der Waals surface area (Å²) in [6, 6.07) is 5.92. The van der Waals surface area contributed by atoms with Gasteiger partial charge < -0.3 is 4.90 Å². The lowest BCUT2D eigenvalue weighted by Crippen LogP contribution is -2.20. The van der Waals surface area contributed by atoms with Gasteiger partial charge in [-0.25, -0.2) is 0 Å². The minimum absolute atomic E-state index is 0.0132. The second kappa shape index (κ2) is 4.26. The Hall–Kier alpha value is -1.63. The van der Waals surface area contributed by atoms with E-state index in [4.69, 9.17) is 5.26 Å². The van der Waals surface area contributed by atoms with Gasteiger partial charge in [-0.05, 0) is 12.1 Å². The largest absolute Gasteiger partial charge is 0.345 e. The van der Waals surface area contributed by atoms with Crippen molar-refractivity contribution in [1.29, 1.82) is 5.26 Å². The van der Waals surface area contributed by atoms with Crippen molar-refractivity contribution < 1.29 is 0 Å². The van der Waals surface area contributed by atoms with E-state index in [1.165, 1.54) is 0 Å². The maximum Gasteiger partial charge on any atom is 0.151 e. The van der Waals surface area contributed by atoms with Crippen molar-refractivity contribution in [3.8, 4) is 6.07 Å². The molecule has 0 aromatic carbocycles. The van der Waals surface area contributed by atoms with E-state index < -0.39 is 0 Å². The zero-order chi connectivity index (χ0) is 11.5. The van der Waals surface area contributed by atoms with Crippen LogP contribution in [0.1, 0.15) is 26.5 Å². The van der Waals surface area contributed by atoms with Gasteiger partial charge in [0.1, 0.15) is 6.54 Å². The first-order chi connectivity index (χ1) is 6.95. The van der Waals surface area contributed by atoms with E-state index in [2.05, 4.69) is 37.0 Å². The highest BCUT2D eigenvalue weighted by Gasteiger charge is 2.16. The van der Waals surface area contributed by atoms with Gasteiger partial charge in [-0.2, -0.15) is 10.4 Å². The molecule has 4 heteroatoms. The Morgan fingerprint density at radius 2 is 2.00 bits per heavy atom. The van der Waals surface area contributed by atoms with Gasteiger partial charge in [-0.1, -0.05) is 20.8 Å². The number of nitriles is 1. The van der Waals surface area contributed by atoms with Crippen LogP contribution in [0.3, 0.4) is 0 Å². The highest BCUT2D eigenvalue weighted by Crippen LogP contribution is 2.20. The topological polar surface area (TPSA) is 52.8 Å². The van der Waals surface area contributed by atoms with Gasteiger partial charge in [-0.3, -0.25) is 0 Å². The Kier molecular flexibility index (Phi) is 3.25. The van der Waals surface area contributed by atoms with E-state index in [0.717, 1.165) is 11.5 Å². The lowest BCUT2D eigenvalue weighted by molar-refractivity contribution is 0.558. The molecular weight excluding hydrogens is 188 g/mol. The molecule has 0 unspecified atom stereocenters. The summed E-state index contributed by atoms with van der Waals surface area (Å²) in [4.78, 5) is 1.76. The minimum atomic E-state index is 0.0132. The Morgan fingerprint density at radius 1 is 1.33 bits per heavy atom. The Morgan fingerprint density at radius 3 is 2.40 bits per heavy atom. The van der Waals surface area contributed by atoms with E-state index in [1.807, 2.05) is 19.2 Å². The summed E-state index contributed by atoms with van der Waals surface area (Å²) >= 11 is 0. The van der Waals surface area contributed by atoms with Crippen LogP contribution in [0.5, 0.6) is 0 Å². The highest BCUT2D eigenvalue weighted by atomic mass is 15.2. The highest BCUT2D eigenvalue weighted by molar-refractivity contribution is 5.37. The third-order valence-electron chi connectivity index (χ3n) is 2.12. The molecule has 0 spiro atoms. The van der Waals surface area contributed by atoms with Gasteiger partial charge in [0.05, 0.1) is 11.8 Å². The first-order valence-corrected chi connectivity index (χ1v) is 4.87.